The first-order chi connectivity index (χ1) is 11.8. The van der Waals surface area contributed by atoms with Crippen LogP contribution >= 0.6 is 0 Å². The highest BCUT2D eigenvalue weighted by atomic mass is 16.5. The molecule has 0 spiro atoms. The Morgan fingerprint density at radius 3 is 2.75 bits per heavy atom. The molecule has 0 aliphatic rings. The molecule has 0 unspecified atom stereocenters. The summed E-state index contributed by atoms with van der Waals surface area (Å²) in [7, 11) is 1.58. The van der Waals surface area contributed by atoms with Crippen molar-refractivity contribution in [3.8, 4) is 22.7 Å². The maximum absolute atomic E-state index is 12.3. The zero-order chi connectivity index (χ0) is 16.5. The summed E-state index contributed by atoms with van der Waals surface area (Å²) in [5.41, 5.74) is 2.72. The minimum atomic E-state index is -0.280. The van der Waals surface area contributed by atoms with E-state index in [2.05, 4.69) is 19.9 Å². The van der Waals surface area contributed by atoms with Gasteiger partial charge in [-0.25, -0.2) is 19.3 Å². The predicted octanol–water partition coefficient (Wildman–Crippen LogP) is 2.18. The normalized spacial score (nSPS) is 10.9. The van der Waals surface area contributed by atoms with Crippen LogP contribution in [0.2, 0.25) is 0 Å². The van der Waals surface area contributed by atoms with Gasteiger partial charge in [0.25, 0.3) is 0 Å². The van der Waals surface area contributed by atoms with Gasteiger partial charge in [-0.3, -0.25) is 9.97 Å². The second-order valence-electron chi connectivity index (χ2n) is 5.14. The molecule has 0 amide bonds. The van der Waals surface area contributed by atoms with Gasteiger partial charge in [0.05, 0.1) is 30.9 Å². The lowest BCUT2D eigenvalue weighted by atomic mass is 10.2. The van der Waals surface area contributed by atoms with Crippen LogP contribution in [0, 0.1) is 0 Å². The highest BCUT2D eigenvalue weighted by Crippen LogP contribution is 2.21. The number of hydrogen-bond donors (Lipinski definition) is 1. The van der Waals surface area contributed by atoms with Crippen LogP contribution in [-0.2, 0) is 0 Å². The minimum absolute atomic E-state index is 0.280. The third-order valence-electron chi connectivity index (χ3n) is 3.65. The van der Waals surface area contributed by atoms with E-state index in [-0.39, 0.29) is 5.69 Å². The van der Waals surface area contributed by atoms with Crippen molar-refractivity contribution in [2.45, 2.75) is 0 Å². The second kappa shape index (κ2) is 5.62. The number of hydrogen-bond acceptors (Lipinski definition) is 5. The van der Waals surface area contributed by atoms with Crippen molar-refractivity contribution in [2.24, 2.45) is 0 Å². The fourth-order valence-corrected chi connectivity index (χ4v) is 2.51. The van der Waals surface area contributed by atoms with Crippen molar-refractivity contribution in [1.82, 2.24) is 24.5 Å². The van der Waals surface area contributed by atoms with Gasteiger partial charge in [-0.05, 0) is 18.2 Å². The molecule has 24 heavy (non-hydrogen) atoms. The van der Waals surface area contributed by atoms with Crippen LogP contribution in [0.15, 0.2) is 59.8 Å². The first-order valence-corrected chi connectivity index (χ1v) is 7.29. The highest BCUT2D eigenvalue weighted by Gasteiger charge is 2.12. The molecule has 4 rings (SSSR count). The molecule has 1 N–H and O–H groups in total. The Balaban J connectivity index is 1.87. The van der Waals surface area contributed by atoms with Gasteiger partial charge in [0, 0.05) is 11.8 Å². The Morgan fingerprint density at radius 2 is 1.96 bits per heavy atom. The number of aromatic amines is 1. The van der Waals surface area contributed by atoms with Crippen molar-refractivity contribution >= 4 is 11.3 Å². The smallest absolute Gasteiger partial charge is 0.333 e. The SMILES string of the molecule is COc1cncc(-c2cnc3c(n2)[nH]c(=O)n3-c2ccccc2)c1. The van der Waals surface area contributed by atoms with Gasteiger partial charge >= 0.3 is 5.69 Å². The molecular formula is C17H13N5O2. The molecule has 0 radical (unpaired) electrons. The zero-order valence-corrected chi connectivity index (χ0v) is 12.8. The average molecular weight is 319 g/mol. The molecular weight excluding hydrogens is 306 g/mol. The lowest BCUT2D eigenvalue weighted by molar-refractivity contribution is 0.413. The number of H-pyrrole nitrogens is 1. The molecule has 0 saturated heterocycles. The number of rotatable bonds is 3. The molecule has 0 aliphatic carbocycles. The summed E-state index contributed by atoms with van der Waals surface area (Å²) in [5.74, 6) is 0.629. The average Bonchev–Trinajstić information content (AvgIpc) is 2.97. The number of ether oxygens (including phenoxy) is 1. The van der Waals surface area contributed by atoms with Crippen LogP contribution in [-0.4, -0.2) is 31.6 Å². The van der Waals surface area contributed by atoms with E-state index in [4.69, 9.17) is 4.74 Å². The number of nitrogens with zero attached hydrogens (tertiary/aromatic N) is 4. The van der Waals surface area contributed by atoms with E-state index in [9.17, 15) is 4.79 Å². The Morgan fingerprint density at radius 1 is 1.12 bits per heavy atom. The van der Waals surface area contributed by atoms with E-state index in [1.807, 2.05) is 36.4 Å². The van der Waals surface area contributed by atoms with Crippen molar-refractivity contribution in [1.29, 1.82) is 0 Å². The summed E-state index contributed by atoms with van der Waals surface area (Å²) in [6, 6.07) is 11.1. The summed E-state index contributed by atoms with van der Waals surface area (Å²) in [6.45, 7) is 0. The number of aromatic nitrogens is 5. The van der Waals surface area contributed by atoms with E-state index in [1.165, 1.54) is 4.57 Å². The lowest BCUT2D eigenvalue weighted by Gasteiger charge is -2.04. The van der Waals surface area contributed by atoms with Gasteiger partial charge in [0.2, 0.25) is 0 Å². The van der Waals surface area contributed by atoms with Gasteiger partial charge < -0.3 is 4.74 Å². The third-order valence-corrected chi connectivity index (χ3v) is 3.65. The quantitative estimate of drug-likeness (QED) is 0.625. The monoisotopic (exact) mass is 319 g/mol. The van der Waals surface area contributed by atoms with Gasteiger partial charge in [-0.15, -0.1) is 0 Å². The summed E-state index contributed by atoms with van der Waals surface area (Å²) < 4.78 is 6.67. The number of benzene rings is 1. The maximum atomic E-state index is 12.3. The fourth-order valence-electron chi connectivity index (χ4n) is 2.51. The van der Waals surface area contributed by atoms with E-state index < -0.39 is 0 Å². The Labute approximate surface area is 136 Å². The first kappa shape index (κ1) is 14.1. The number of methoxy groups -OCH3 is 1. The Hall–Kier alpha value is -3.48. The summed E-state index contributed by atoms with van der Waals surface area (Å²) >= 11 is 0. The summed E-state index contributed by atoms with van der Waals surface area (Å²) in [5, 5.41) is 0. The molecule has 7 heteroatoms. The molecule has 3 heterocycles. The zero-order valence-electron chi connectivity index (χ0n) is 12.8. The van der Waals surface area contributed by atoms with Gasteiger partial charge in [0.15, 0.2) is 11.3 Å². The van der Waals surface area contributed by atoms with E-state index >= 15 is 0 Å². The van der Waals surface area contributed by atoms with Gasteiger partial charge in [0.1, 0.15) is 5.75 Å². The molecule has 118 valence electrons. The van der Waals surface area contributed by atoms with Crippen molar-refractivity contribution in [3.05, 3.63) is 65.5 Å². The third kappa shape index (κ3) is 2.32. The standard InChI is InChI=1S/C17H13N5O2/c1-24-13-7-11(8-18-9-13)14-10-19-16-15(20-14)21-17(23)22(16)12-5-3-2-4-6-12/h2-10H,1H3,(H,20,21,23). The number of pyridine rings is 1. The first-order valence-electron chi connectivity index (χ1n) is 7.29. The fraction of sp³-hybridized carbons (Fsp3) is 0.0588. The molecule has 0 fully saturated rings. The van der Waals surface area contributed by atoms with Crippen LogP contribution in [0.5, 0.6) is 5.75 Å². The van der Waals surface area contributed by atoms with Crippen molar-refractivity contribution in [3.63, 3.8) is 0 Å². The Bertz CT molecular complexity index is 1070. The van der Waals surface area contributed by atoms with E-state index in [0.717, 1.165) is 11.3 Å². The van der Waals surface area contributed by atoms with Crippen LogP contribution in [0.1, 0.15) is 0 Å². The van der Waals surface area contributed by atoms with E-state index in [1.54, 1.807) is 25.7 Å². The lowest BCUT2D eigenvalue weighted by Crippen LogP contribution is -2.14. The van der Waals surface area contributed by atoms with Gasteiger partial charge in [-0.1, -0.05) is 18.2 Å². The molecule has 7 nitrogen and oxygen atoms in total. The van der Waals surface area contributed by atoms with Crippen LogP contribution in [0.3, 0.4) is 0 Å². The van der Waals surface area contributed by atoms with Crippen molar-refractivity contribution in [2.75, 3.05) is 7.11 Å². The largest absolute Gasteiger partial charge is 0.495 e. The molecule has 0 saturated carbocycles. The summed E-state index contributed by atoms with van der Waals surface area (Å²) in [6.07, 6.45) is 4.90. The van der Waals surface area contributed by atoms with Crippen LogP contribution in [0.4, 0.5) is 0 Å². The number of imidazole rings is 1. The van der Waals surface area contributed by atoms with Crippen LogP contribution < -0.4 is 10.4 Å². The number of nitrogens with one attached hydrogen (secondary N) is 1. The van der Waals surface area contributed by atoms with Crippen LogP contribution in [0.25, 0.3) is 28.2 Å². The van der Waals surface area contributed by atoms with Crippen molar-refractivity contribution < 1.29 is 4.74 Å². The topological polar surface area (TPSA) is 85.7 Å². The molecule has 0 atom stereocenters. The second-order valence-corrected chi connectivity index (χ2v) is 5.14. The highest BCUT2D eigenvalue weighted by molar-refractivity contribution is 5.72. The minimum Gasteiger partial charge on any atom is -0.495 e. The molecule has 3 aromatic heterocycles. The van der Waals surface area contributed by atoms with Gasteiger partial charge in [-0.2, -0.15) is 0 Å². The Kier molecular flexibility index (Phi) is 3.31. The molecule has 1 aromatic carbocycles. The number of para-hydroxylation sites is 1. The molecule has 0 bridgehead atoms. The molecule has 4 aromatic rings. The van der Waals surface area contributed by atoms with E-state index in [0.29, 0.717) is 22.7 Å². The number of fused-ring (bicyclic) bond motifs is 1. The maximum Gasteiger partial charge on any atom is 0.333 e. The molecule has 0 aliphatic heterocycles. The predicted molar refractivity (Wildman–Crippen MR) is 89.3 cm³/mol. The summed E-state index contributed by atoms with van der Waals surface area (Å²) in [4.78, 5) is 28.0.